The first-order valence-electron chi connectivity index (χ1n) is 4.66. The van der Waals surface area contributed by atoms with E-state index in [0.717, 1.165) is 12.8 Å². The Labute approximate surface area is 82.2 Å². The molecular weight excluding hydrogens is 184 g/mol. The Morgan fingerprint density at radius 3 is 2.79 bits per heavy atom. The first kappa shape index (κ1) is 10.8. The van der Waals surface area contributed by atoms with Crippen LogP contribution in [0, 0.1) is 0 Å². The van der Waals surface area contributed by atoms with Gasteiger partial charge in [0.05, 0.1) is 0 Å². The first-order valence-corrected chi connectivity index (χ1v) is 4.66. The number of unbranched alkanes of at least 4 members (excludes halogenated alkanes) is 1. The normalized spacial score (nSPS) is 12.7. The van der Waals surface area contributed by atoms with Gasteiger partial charge in [-0.1, -0.05) is 19.8 Å². The fourth-order valence-corrected chi connectivity index (χ4v) is 1.19. The lowest BCUT2D eigenvalue weighted by molar-refractivity contribution is 0.0649. The zero-order chi connectivity index (χ0) is 10.6. The van der Waals surface area contributed by atoms with Crippen molar-refractivity contribution in [2.24, 2.45) is 0 Å². The second kappa shape index (κ2) is 4.81. The van der Waals surface area contributed by atoms with Gasteiger partial charge < -0.3 is 14.6 Å². The minimum Gasteiger partial charge on any atom is -0.475 e. The molecular formula is C10H14O4. The Morgan fingerprint density at radius 1 is 1.57 bits per heavy atom. The van der Waals surface area contributed by atoms with Crippen LogP contribution in [0.5, 0.6) is 0 Å². The molecule has 0 spiro atoms. The SMILES string of the molecule is CCCC[C@H](O)c1ccc(C(=O)O)o1. The molecule has 4 nitrogen and oxygen atoms in total. The molecule has 78 valence electrons. The molecule has 0 aromatic carbocycles. The van der Waals surface area contributed by atoms with Crippen molar-refractivity contribution in [1.29, 1.82) is 0 Å². The summed E-state index contributed by atoms with van der Waals surface area (Å²) in [5, 5.41) is 18.1. The van der Waals surface area contributed by atoms with Gasteiger partial charge in [0.2, 0.25) is 5.76 Å². The molecule has 0 aliphatic carbocycles. The summed E-state index contributed by atoms with van der Waals surface area (Å²) >= 11 is 0. The van der Waals surface area contributed by atoms with E-state index in [2.05, 4.69) is 0 Å². The number of furan rings is 1. The third-order valence-corrected chi connectivity index (χ3v) is 2.00. The van der Waals surface area contributed by atoms with Crippen molar-refractivity contribution < 1.29 is 19.4 Å². The lowest BCUT2D eigenvalue weighted by Gasteiger charge is -2.05. The summed E-state index contributed by atoms with van der Waals surface area (Å²) in [7, 11) is 0. The van der Waals surface area contributed by atoms with E-state index in [-0.39, 0.29) is 5.76 Å². The van der Waals surface area contributed by atoms with Gasteiger partial charge in [0, 0.05) is 0 Å². The number of aliphatic hydroxyl groups is 1. The molecule has 2 N–H and O–H groups in total. The molecule has 0 radical (unpaired) electrons. The van der Waals surface area contributed by atoms with Crippen LogP contribution in [-0.4, -0.2) is 16.2 Å². The molecule has 1 rings (SSSR count). The summed E-state index contributed by atoms with van der Waals surface area (Å²) in [4.78, 5) is 10.5. The molecule has 0 bridgehead atoms. The van der Waals surface area contributed by atoms with Crippen molar-refractivity contribution >= 4 is 5.97 Å². The van der Waals surface area contributed by atoms with Gasteiger partial charge in [0.1, 0.15) is 11.9 Å². The van der Waals surface area contributed by atoms with Gasteiger partial charge in [0.25, 0.3) is 0 Å². The summed E-state index contributed by atoms with van der Waals surface area (Å²) in [6.45, 7) is 2.03. The first-order chi connectivity index (χ1) is 6.65. The van der Waals surface area contributed by atoms with E-state index in [0.29, 0.717) is 12.2 Å². The van der Waals surface area contributed by atoms with Crippen LogP contribution in [0.2, 0.25) is 0 Å². The Morgan fingerprint density at radius 2 is 2.29 bits per heavy atom. The average molecular weight is 198 g/mol. The molecule has 0 amide bonds. The fourth-order valence-electron chi connectivity index (χ4n) is 1.19. The third-order valence-electron chi connectivity index (χ3n) is 2.00. The monoisotopic (exact) mass is 198 g/mol. The second-order valence-electron chi connectivity index (χ2n) is 3.17. The van der Waals surface area contributed by atoms with Crippen LogP contribution in [0.15, 0.2) is 16.5 Å². The van der Waals surface area contributed by atoms with Crippen molar-refractivity contribution in [3.63, 3.8) is 0 Å². The average Bonchev–Trinajstić information content (AvgIpc) is 2.62. The van der Waals surface area contributed by atoms with E-state index in [1.165, 1.54) is 12.1 Å². The van der Waals surface area contributed by atoms with E-state index in [1.54, 1.807) is 0 Å². The molecule has 0 unspecified atom stereocenters. The smallest absolute Gasteiger partial charge is 0.371 e. The van der Waals surface area contributed by atoms with Gasteiger partial charge >= 0.3 is 5.97 Å². The number of rotatable bonds is 5. The minimum atomic E-state index is -1.11. The summed E-state index contributed by atoms with van der Waals surface area (Å²) in [6, 6.07) is 2.86. The Balaban J connectivity index is 2.61. The maximum absolute atomic E-state index is 10.5. The number of carboxylic acid groups (broad SMARTS) is 1. The van der Waals surface area contributed by atoms with Crippen LogP contribution < -0.4 is 0 Å². The molecule has 0 saturated heterocycles. The van der Waals surface area contributed by atoms with Gasteiger partial charge in [-0.3, -0.25) is 0 Å². The molecule has 14 heavy (non-hydrogen) atoms. The van der Waals surface area contributed by atoms with Crippen molar-refractivity contribution in [2.75, 3.05) is 0 Å². The Bertz CT molecular complexity index is 303. The highest BCUT2D eigenvalue weighted by molar-refractivity contribution is 5.84. The third kappa shape index (κ3) is 2.60. The van der Waals surface area contributed by atoms with Crippen LogP contribution in [-0.2, 0) is 0 Å². The molecule has 1 aromatic rings. The summed E-state index contributed by atoms with van der Waals surface area (Å²) in [5.41, 5.74) is 0. The predicted molar refractivity (Wildman–Crippen MR) is 50.2 cm³/mol. The van der Waals surface area contributed by atoms with E-state index in [9.17, 15) is 9.90 Å². The number of carboxylic acids is 1. The van der Waals surface area contributed by atoms with Crippen molar-refractivity contribution in [1.82, 2.24) is 0 Å². The summed E-state index contributed by atoms with van der Waals surface area (Å²) in [5.74, 6) is -0.912. The number of aliphatic hydroxyl groups excluding tert-OH is 1. The van der Waals surface area contributed by atoms with Crippen LogP contribution >= 0.6 is 0 Å². The Hall–Kier alpha value is -1.29. The highest BCUT2D eigenvalue weighted by Gasteiger charge is 2.14. The molecule has 1 atom stereocenters. The Kier molecular flexibility index (Phi) is 3.71. The van der Waals surface area contributed by atoms with E-state index in [1.807, 2.05) is 6.92 Å². The zero-order valence-corrected chi connectivity index (χ0v) is 8.06. The number of hydrogen-bond donors (Lipinski definition) is 2. The molecule has 0 aliphatic heterocycles. The van der Waals surface area contributed by atoms with Crippen LogP contribution in [0.1, 0.15) is 48.6 Å². The summed E-state index contributed by atoms with van der Waals surface area (Å²) in [6.07, 6.45) is 1.79. The highest BCUT2D eigenvalue weighted by atomic mass is 16.4. The second-order valence-corrected chi connectivity index (χ2v) is 3.17. The van der Waals surface area contributed by atoms with Gasteiger partial charge in [-0.25, -0.2) is 4.79 Å². The van der Waals surface area contributed by atoms with Crippen molar-refractivity contribution in [2.45, 2.75) is 32.3 Å². The minimum absolute atomic E-state index is 0.129. The van der Waals surface area contributed by atoms with Gasteiger partial charge in [0.15, 0.2) is 0 Å². The zero-order valence-electron chi connectivity index (χ0n) is 8.06. The maximum Gasteiger partial charge on any atom is 0.371 e. The standard InChI is InChI=1S/C10H14O4/c1-2-3-4-7(11)8-5-6-9(14-8)10(12)13/h5-7,11H,2-4H2,1H3,(H,12,13)/t7-/m0/s1. The fraction of sp³-hybridized carbons (Fsp3) is 0.500. The van der Waals surface area contributed by atoms with Crippen LogP contribution in [0.3, 0.4) is 0 Å². The lowest BCUT2D eigenvalue weighted by atomic mass is 10.1. The highest BCUT2D eigenvalue weighted by Crippen LogP contribution is 2.21. The number of hydrogen-bond acceptors (Lipinski definition) is 3. The largest absolute Gasteiger partial charge is 0.475 e. The van der Waals surface area contributed by atoms with Crippen LogP contribution in [0.25, 0.3) is 0 Å². The van der Waals surface area contributed by atoms with Gasteiger partial charge in [-0.15, -0.1) is 0 Å². The quantitative estimate of drug-likeness (QED) is 0.760. The van der Waals surface area contributed by atoms with Crippen LogP contribution in [0.4, 0.5) is 0 Å². The predicted octanol–water partition coefficient (Wildman–Crippen LogP) is 2.20. The van der Waals surface area contributed by atoms with Gasteiger partial charge in [-0.2, -0.15) is 0 Å². The molecule has 0 aliphatic rings. The maximum atomic E-state index is 10.5. The molecule has 4 heteroatoms. The molecule has 1 aromatic heterocycles. The molecule has 0 fully saturated rings. The van der Waals surface area contributed by atoms with E-state index < -0.39 is 12.1 Å². The van der Waals surface area contributed by atoms with Crippen molar-refractivity contribution in [3.8, 4) is 0 Å². The topological polar surface area (TPSA) is 70.7 Å². The lowest BCUT2D eigenvalue weighted by Crippen LogP contribution is -1.96. The number of aromatic carboxylic acids is 1. The van der Waals surface area contributed by atoms with Gasteiger partial charge in [-0.05, 0) is 18.6 Å². The molecule has 1 heterocycles. The van der Waals surface area contributed by atoms with E-state index >= 15 is 0 Å². The number of carbonyl (C=O) groups is 1. The summed E-state index contributed by atoms with van der Waals surface area (Å²) < 4.78 is 4.95. The van der Waals surface area contributed by atoms with Crippen molar-refractivity contribution in [3.05, 3.63) is 23.7 Å². The van der Waals surface area contributed by atoms with E-state index in [4.69, 9.17) is 9.52 Å². The molecule has 0 saturated carbocycles.